The van der Waals surface area contributed by atoms with E-state index in [4.69, 9.17) is 4.74 Å². The number of carbonyl (C=O) groups is 2. The van der Waals surface area contributed by atoms with Gasteiger partial charge in [0.1, 0.15) is 6.10 Å². The van der Waals surface area contributed by atoms with E-state index in [-0.39, 0.29) is 12.1 Å². The van der Waals surface area contributed by atoms with Crippen molar-refractivity contribution < 1.29 is 14.3 Å². The predicted molar refractivity (Wildman–Crippen MR) is 49.4 cm³/mol. The minimum Gasteiger partial charge on any atom is -0.462 e. The summed E-state index contributed by atoms with van der Waals surface area (Å²) < 4.78 is 5.18. The summed E-state index contributed by atoms with van der Waals surface area (Å²) in [5.41, 5.74) is 0. The van der Waals surface area contributed by atoms with Crippen LogP contribution in [0.2, 0.25) is 5.82 Å². The number of ether oxygens (including phenoxy) is 1. The first kappa shape index (κ1) is 8.79. The normalized spacial score (nSPS) is 42.7. The summed E-state index contributed by atoms with van der Waals surface area (Å²) in [6.07, 6.45) is 2.53. The van der Waals surface area contributed by atoms with Crippen LogP contribution in [0.3, 0.4) is 0 Å². The molecule has 1 heterocycles. The van der Waals surface area contributed by atoms with Gasteiger partial charge in [0, 0.05) is 5.92 Å². The van der Waals surface area contributed by atoms with Crippen molar-refractivity contribution in [2.24, 2.45) is 11.8 Å². The highest BCUT2D eigenvalue weighted by atomic mass is 16.6. The Morgan fingerprint density at radius 2 is 2.38 bits per heavy atom. The van der Waals surface area contributed by atoms with Crippen LogP contribution >= 0.6 is 0 Å². The molecular formula is C9H13BO3. The average Bonchev–Trinajstić information content (AvgIpc) is 2.52. The van der Waals surface area contributed by atoms with Crippen molar-refractivity contribution in [3.63, 3.8) is 0 Å². The first-order valence-electron chi connectivity index (χ1n) is 4.85. The molecule has 1 saturated heterocycles. The molecule has 4 atom stereocenters. The van der Waals surface area contributed by atoms with E-state index in [0.717, 1.165) is 12.6 Å². The molecule has 13 heavy (non-hydrogen) atoms. The number of rotatable bonds is 2. The molecule has 3 nitrogen and oxygen atoms in total. The highest BCUT2D eigenvalue weighted by molar-refractivity contribution is 6.68. The Hall–Kier alpha value is -0.795. The molecule has 4 heteroatoms. The summed E-state index contributed by atoms with van der Waals surface area (Å²) in [5.74, 6) is 1.12. The Labute approximate surface area is 78.1 Å². The van der Waals surface area contributed by atoms with E-state index in [1.165, 1.54) is 0 Å². The third-order valence-electron chi connectivity index (χ3n) is 3.42. The molecule has 0 spiro atoms. The Morgan fingerprint density at radius 1 is 1.62 bits per heavy atom. The van der Waals surface area contributed by atoms with Crippen LogP contribution in [0.25, 0.3) is 0 Å². The van der Waals surface area contributed by atoms with E-state index in [9.17, 15) is 9.59 Å². The molecule has 0 aromatic heterocycles. The van der Waals surface area contributed by atoms with Crippen LogP contribution in [0.1, 0.15) is 19.8 Å². The van der Waals surface area contributed by atoms with E-state index < -0.39 is 0 Å². The predicted octanol–water partition coefficient (Wildman–Crippen LogP) is 0.373. The van der Waals surface area contributed by atoms with Gasteiger partial charge in [0.15, 0.2) is 0 Å². The van der Waals surface area contributed by atoms with Gasteiger partial charge in [-0.1, -0.05) is 6.92 Å². The van der Waals surface area contributed by atoms with Gasteiger partial charge in [-0.2, -0.15) is 0 Å². The largest absolute Gasteiger partial charge is 0.462 e. The van der Waals surface area contributed by atoms with Crippen LogP contribution < -0.4 is 0 Å². The van der Waals surface area contributed by atoms with E-state index in [1.54, 1.807) is 0 Å². The van der Waals surface area contributed by atoms with Crippen molar-refractivity contribution in [1.82, 2.24) is 0 Å². The Bertz CT molecular complexity index is 241. The lowest BCUT2D eigenvalue weighted by molar-refractivity contribution is -0.141. The van der Waals surface area contributed by atoms with Crippen molar-refractivity contribution in [3.8, 4) is 0 Å². The fourth-order valence-corrected chi connectivity index (χ4v) is 2.76. The highest BCUT2D eigenvalue weighted by Crippen LogP contribution is 2.47. The lowest BCUT2D eigenvalue weighted by Crippen LogP contribution is -2.17. The minimum absolute atomic E-state index is 0.0854. The van der Waals surface area contributed by atoms with Gasteiger partial charge in [0.05, 0.1) is 12.6 Å². The Balaban J connectivity index is 2.09. The molecule has 70 valence electrons. The summed E-state index contributed by atoms with van der Waals surface area (Å²) in [4.78, 5) is 21.5. The molecule has 2 fully saturated rings. The van der Waals surface area contributed by atoms with Crippen LogP contribution in [0.15, 0.2) is 0 Å². The first-order chi connectivity index (χ1) is 6.22. The third kappa shape index (κ3) is 1.38. The second-order valence-corrected chi connectivity index (χ2v) is 4.18. The monoisotopic (exact) mass is 180 g/mol. The molecule has 0 amide bonds. The SMILES string of the molecule is C[C@@H]1CC2OC(=O)C[C@@H]2[C@H]1BC=O. The highest BCUT2D eigenvalue weighted by Gasteiger charge is 2.48. The van der Waals surface area contributed by atoms with Gasteiger partial charge in [-0.15, -0.1) is 0 Å². The van der Waals surface area contributed by atoms with Gasteiger partial charge in [0.25, 0.3) is 0 Å². The zero-order valence-electron chi connectivity index (χ0n) is 7.73. The number of hydrogen-bond donors (Lipinski definition) is 0. The second-order valence-electron chi connectivity index (χ2n) is 4.18. The summed E-state index contributed by atoms with van der Waals surface area (Å²) in [7, 11) is 0.582. The van der Waals surface area contributed by atoms with Crippen LogP contribution in [-0.4, -0.2) is 25.5 Å². The van der Waals surface area contributed by atoms with Crippen LogP contribution in [0, 0.1) is 11.8 Å². The Kier molecular flexibility index (Phi) is 2.14. The van der Waals surface area contributed by atoms with Crippen molar-refractivity contribution in [1.29, 1.82) is 0 Å². The molecule has 1 aliphatic heterocycles. The topological polar surface area (TPSA) is 43.4 Å². The second kappa shape index (κ2) is 3.16. The van der Waals surface area contributed by atoms with E-state index in [2.05, 4.69) is 6.92 Å². The number of esters is 1. The summed E-state index contributed by atoms with van der Waals surface area (Å²) >= 11 is 0. The molecule has 1 aliphatic carbocycles. The Morgan fingerprint density at radius 3 is 3.08 bits per heavy atom. The fraction of sp³-hybridized carbons (Fsp3) is 0.778. The third-order valence-corrected chi connectivity index (χ3v) is 3.42. The maximum atomic E-state index is 11.0. The molecule has 2 aliphatic rings. The van der Waals surface area contributed by atoms with Crippen molar-refractivity contribution in [2.45, 2.75) is 31.7 Å². The molecule has 0 aromatic rings. The van der Waals surface area contributed by atoms with E-state index in [0.29, 0.717) is 31.4 Å². The first-order valence-corrected chi connectivity index (χ1v) is 4.85. The van der Waals surface area contributed by atoms with Crippen LogP contribution in [0.4, 0.5) is 0 Å². The number of carbonyl (C=O) groups excluding carboxylic acids is 2. The minimum atomic E-state index is -0.0854. The summed E-state index contributed by atoms with van der Waals surface area (Å²) in [6, 6.07) is 0. The molecule has 0 N–H and O–H groups in total. The molecule has 0 radical (unpaired) electrons. The standard InChI is InChI=1S/C9H13BO3/c1-5-2-7-6(3-8(12)13-7)9(5)10-4-11/h4-7,9-10H,2-3H2,1H3/t5-,6+,7?,9+/m1/s1. The smallest absolute Gasteiger partial charge is 0.306 e. The maximum absolute atomic E-state index is 11.0. The van der Waals surface area contributed by atoms with Gasteiger partial charge in [-0.05, 0) is 18.2 Å². The van der Waals surface area contributed by atoms with Crippen molar-refractivity contribution >= 4 is 19.4 Å². The quantitative estimate of drug-likeness (QED) is 0.350. The summed E-state index contributed by atoms with van der Waals surface area (Å²) in [5, 5.41) is 0. The van der Waals surface area contributed by atoms with Gasteiger partial charge in [-0.25, -0.2) is 0 Å². The maximum Gasteiger partial charge on any atom is 0.306 e. The summed E-state index contributed by atoms with van der Waals surface area (Å²) in [6.45, 7) is 2.14. The van der Waals surface area contributed by atoms with Crippen molar-refractivity contribution in [3.05, 3.63) is 0 Å². The van der Waals surface area contributed by atoms with Gasteiger partial charge in [-0.3, -0.25) is 4.79 Å². The zero-order valence-corrected chi connectivity index (χ0v) is 7.73. The number of fused-ring (bicyclic) bond motifs is 1. The lowest BCUT2D eigenvalue weighted by atomic mass is 9.58. The zero-order chi connectivity index (χ0) is 9.42. The van der Waals surface area contributed by atoms with Crippen LogP contribution in [0.5, 0.6) is 0 Å². The molecule has 2 rings (SSSR count). The molecule has 1 unspecified atom stereocenters. The molecule has 0 bridgehead atoms. The van der Waals surface area contributed by atoms with Gasteiger partial charge < -0.3 is 9.53 Å². The lowest BCUT2D eigenvalue weighted by Gasteiger charge is -2.15. The van der Waals surface area contributed by atoms with Crippen LogP contribution in [-0.2, 0) is 14.3 Å². The van der Waals surface area contributed by atoms with Gasteiger partial charge in [0.2, 0.25) is 7.28 Å². The molecule has 1 saturated carbocycles. The van der Waals surface area contributed by atoms with E-state index >= 15 is 0 Å². The van der Waals surface area contributed by atoms with Crippen molar-refractivity contribution in [2.75, 3.05) is 0 Å². The van der Waals surface area contributed by atoms with Gasteiger partial charge >= 0.3 is 5.97 Å². The van der Waals surface area contributed by atoms with E-state index in [1.807, 2.05) is 0 Å². The average molecular weight is 180 g/mol. The molecule has 0 aromatic carbocycles. The molecular weight excluding hydrogens is 167 g/mol. The fourth-order valence-electron chi connectivity index (χ4n) is 2.76. The number of hydrogen-bond acceptors (Lipinski definition) is 3.